The molecule has 1 aromatic carbocycles. The van der Waals surface area contributed by atoms with Gasteiger partial charge in [-0.05, 0) is 6.07 Å². The summed E-state index contributed by atoms with van der Waals surface area (Å²) in [5.41, 5.74) is 1.11. The molecule has 0 amide bonds. The normalized spacial score (nSPS) is 9.50. The van der Waals surface area contributed by atoms with Crippen molar-refractivity contribution in [3.63, 3.8) is 0 Å². The van der Waals surface area contributed by atoms with Crippen LogP contribution >= 0.6 is 0 Å². The highest BCUT2D eigenvalue weighted by atomic mass is 19.1. The van der Waals surface area contributed by atoms with E-state index in [0.717, 1.165) is 18.2 Å². The molecule has 0 saturated heterocycles. The Morgan fingerprint density at radius 2 is 2.17 bits per heavy atom. The molecule has 0 aliphatic rings. The second kappa shape index (κ2) is 3.14. The van der Waals surface area contributed by atoms with Crippen molar-refractivity contribution in [1.82, 2.24) is 0 Å². The van der Waals surface area contributed by atoms with Crippen molar-refractivity contribution in [3.8, 4) is 0 Å². The highest BCUT2D eigenvalue weighted by Crippen LogP contribution is 2.23. The zero-order chi connectivity index (χ0) is 9.14. The second-order valence-electron chi connectivity index (χ2n) is 2.05. The van der Waals surface area contributed by atoms with Gasteiger partial charge in [-0.1, -0.05) is 0 Å². The molecule has 0 aromatic heterocycles. The maximum absolute atomic E-state index is 12.4. The highest BCUT2D eigenvalue weighted by molar-refractivity contribution is 5.59. The van der Waals surface area contributed by atoms with Gasteiger partial charge in [-0.2, -0.15) is 0 Å². The second-order valence-corrected chi connectivity index (χ2v) is 2.05. The lowest BCUT2D eigenvalue weighted by atomic mass is 10.3. The number of benzene rings is 1. The minimum absolute atomic E-state index is 0.201. The molecule has 0 atom stereocenters. The first-order valence-corrected chi connectivity index (χ1v) is 3.01. The smallest absolute Gasteiger partial charge is 0.291 e. The molecule has 5 nitrogen and oxygen atoms in total. The molecule has 0 unspecified atom stereocenters. The molecule has 0 aliphatic heterocycles. The lowest BCUT2D eigenvalue weighted by Gasteiger charge is -1.96. The molecular formula is C6H6FN2O3+. The Morgan fingerprint density at radius 3 is 2.67 bits per heavy atom. The first-order chi connectivity index (χ1) is 5.65. The van der Waals surface area contributed by atoms with Gasteiger partial charge >= 0.3 is 5.69 Å². The predicted molar refractivity (Wildman–Crippen MR) is 36.9 cm³/mol. The summed E-state index contributed by atoms with van der Waals surface area (Å²) in [5, 5.41) is 16.8. The van der Waals surface area contributed by atoms with Gasteiger partial charge in [-0.15, -0.1) is 0 Å². The molecule has 1 rings (SSSR count). The number of anilines is 1. The van der Waals surface area contributed by atoms with E-state index in [4.69, 9.17) is 10.4 Å². The van der Waals surface area contributed by atoms with Crippen LogP contribution in [0.25, 0.3) is 0 Å². The molecule has 0 aliphatic carbocycles. The maximum Gasteiger partial charge on any atom is 0.341 e. The number of hydrogen-bond donors (Lipinski definition) is 3. The molecular weight excluding hydrogens is 167 g/mol. The lowest BCUT2D eigenvalue weighted by molar-refractivity contribution is -0.729. The Bertz CT molecular complexity index is 316. The molecule has 12 heavy (non-hydrogen) atoms. The Labute approximate surface area is 66.5 Å². The van der Waals surface area contributed by atoms with Crippen LogP contribution in [0.4, 0.5) is 15.8 Å². The monoisotopic (exact) mass is 173 g/mol. The number of halogens is 1. The fraction of sp³-hybridized carbons (Fsp3) is 0. The van der Waals surface area contributed by atoms with Crippen LogP contribution in [0, 0.1) is 10.7 Å². The first kappa shape index (κ1) is 8.41. The van der Waals surface area contributed by atoms with E-state index in [1.807, 2.05) is 0 Å². The average Bonchev–Trinajstić information content (AvgIpc) is 2.03. The summed E-state index contributed by atoms with van der Waals surface area (Å²) in [6.45, 7) is 0. The summed E-state index contributed by atoms with van der Waals surface area (Å²) in [6, 6.07) is 2.88. The van der Waals surface area contributed by atoms with Gasteiger partial charge in [0.25, 0.3) is 4.92 Å². The van der Waals surface area contributed by atoms with Crippen molar-refractivity contribution in [1.29, 1.82) is 0 Å². The molecule has 3 N–H and O–H groups in total. The molecule has 0 spiro atoms. The molecule has 0 fully saturated rings. The predicted octanol–water partition coefficient (Wildman–Crippen LogP) is 1.43. The van der Waals surface area contributed by atoms with Gasteiger partial charge in [0.05, 0.1) is 4.91 Å². The molecule has 0 saturated carbocycles. The van der Waals surface area contributed by atoms with Crippen molar-refractivity contribution in [2.75, 3.05) is 5.48 Å². The SMILES string of the molecule is O=[N+](O)c1ccc(F)cc1NO. The summed E-state index contributed by atoms with van der Waals surface area (Å²) >= 11 is 0. The first-order valence-electron chi connectivity index (χ1n) is 3.01. The number of nitrogens with zero attached hydrogens (tertiary/aromatic N) is 1. The van der Waals surface area contributed by atoms with E-state index in [-0.39, 0.29) is 11.4 Å². The summed E-state index contributed by atoms with van der Waals surface area (Å²) < 4.78 is 12.4. The lowest BCUT2D eigenvalue weighted by Crippen LogP contribution is -1.99. The summed E-state index contributed by atoms with van der Waals surface area (Å²) in [5.74, 6) is -0.628. The van der Waals surface area contributed by atoms with Crippen LogP contribution in [0.5, 0.6) is 0 Å². The van der Waals surface area contributed by atoms with Gasteiger partial charge in [0.1, 0.15) is 11.5 Å². The van der Waals surface area contributed by atoms with Crippen LogP contribution in [-0.4, -0.2) is 15.3 Å². The van der Waals surface area contributed by atoms with Crippen molar-refractivity contribution in [2.45, 2.75) is 0 Å². The standard InChI is InChI=1S/C6H6FN2O3/c7-4-1-2-6(9(11)12)5(3-4)8-10/h1-3,8,10H,(H,11,12)/q+1. The van der Waals surface area contributed by atoms with Crippen molar-refractivity contribution >= 4 is 11.4 Å². The van der Waals surface area contributed by atoms with Crippen molar-refractivity contribution in [2.24, 2.45) is 0 Å². The third kappa shape index (κ3) is 1.48. The minimum atomic E-state index is -0.628. The molecule has 0 heterocycles. The third-order valence-electron chi connectivity index (χ3n) is 1.29. The topological polar surface area (TPSA) is 72.6 Å². The summed E-state index contributed by atoms with van der Waals surface area (Å²) in [7, 11) is 0. The Hall–Kier alpha value is -1.69. The fourth-order valence-corrected chi connectivity index (χ4v) is 0.765. The number of hydrogen-bond acceptors (Lipinski definition) is 3. The minimum Gasteiger partial charge on any atom is -0.291 e. The van der Waals surface area contributed by atoms with Crippen LogP contribution in [0.15, 0.2) is 18.2 Å². The van der Waals surface area contributed by atoms with Crippen LogP contribution in [0.2, 0.25) is 0 Å². The Kier molecular flexibility index (Phi) is 2.20. The van der Waals surface area contributed by atoms with Gasteiger partial charge in [-0.25, -0.2) is 9.60 Å². The van der Waals surface area contributed by atoms with Gasteiger partial charge in [0, 0.05) is 12.1 Å². The molecule has 1 aromatic rings. The molecule has 6 heteroatoms. The van der Waals surface area contributed by atoms with Crippen molar-refractivity contribution < 1.29 is 19.7 Å². The van der Waals surface area contributed by atoms with Gasteiger partial charge in [0.15, 0.2) is 0 Å². The van der Waals surface area contributed by atoms with E-state index >= 15 is 0 Å². The van der Waals surface area contributed by atoms with Gasteiger partial charge in [0.2, 0.25) is 0 Å². The number of nitrogens with one attached hydrogen (secondary N) is 1. The Morgan fingerprint density at radius 1 is 1.50 bits per heavy atom. The number of rotatable bonds is 2. The van der Waals surface area contributed by atoms with Crippen LogP contribution in [0.3, 0.4) is 0 Å². The third-order valence-corrected chi connectivity index (χ3v) is 1.29. The van der Waals surface area contributed by atoms with E-state index in [1.54, 1.807) is 5.48 Å². The zero-order valence-electron chi connectivity index (χ0n) is 5.86. The van der Waals surface area contributed by atoms with Gasteiger partial charge in [-0.3, -0.25) is 10.7 Å². The summed E-state index contributed by atoms with van der Waals surface area (Å²) in [4.78, 5) is 9.86. The maximum atomic E-state index is 12.4. The highest BCUT2D eigenvalue weighted by Gasteiger charge is 2.18. The van der Waals surface area contributed by atoms with Crippen LogP contribution in [0.1, 0.15) is 0 Å². The summed E-state index contributed by atoms with van der Waals surface area (Å²) in [6.07, 6.45) is 0. The van der Waals surface area contributed by atoms with Crippen LogP contribution < -0.4 is 5.48 Å². The van der Waals surface area contributed by atoms with E-state index < -0.39 is 10.7 Å². The van der Waals surface area contributed by atoms with Gasteiger partial charge < -0.3 is 0 Å². The van der Waals surface area contributed by atoms with E-state index in [9.17, 15) is 9.30 Å². The van der Waals surface area contributed by atoms with E-state index in [2.05, 4.69) is 0 Å². The molecule has 0 bridgehead atoms. The Balaban J connectivity index is 3.20. The fourth-order valence-electron chi connectivity index (χ4n) is 0.765. The average molecular weight is 173 g/mol. The van der Waals surface area contributed by atoms with Crippen molar-refractivity contribution in [3.05, 3.63) is 28.9 Å². The van der Waals surface area contributed by atoms with E-state index in [0.29, 0.717) is 0 Å². The largest absolute Gasteiger partial charge is 0.341 e. The van der Waals surface area contributed by atoms with Crippen LogP contribution in [-0.2, 0) is 0 Å². The van der Waals surface area contributed by atoms with E-state index in [1.165, 1.54) is 0 Å². The molecule has 64 valence electrons. The molecule has 0 radical (unpaired) electrons. The zero-order valence-corrected chi connectivity index (χ0v) is 5.86. The quantitative estimate of drug-likeness (QED) is 0.591.